The van der Waals surface area contributed by atoms with Gasteiger partial charge in [0.15, 0.2) is 0 Å². The number of hydrogen-bond acceptors (Lipinski definition) is 3. The van der Waals surface area contributed by atoms with Gasteiger partial charge in [-0.3, -0.25) is 0 Å². The van der Waals surface area contributed by atoms with Gasteiger partial charge in [0.05, 0.1) is 0 Å². The molecule has 0 aliphatic carbocycles. The Labute approximate surface area is 97.1 Å². The van der Waals surface area contributed by atoms with Gasteiger partial charge in [-0.1, -0.05) is 29.3 Å². The topological polar surface area (TPSA) is 37.8 Å². The fraction of sp³-hybridized carbons (Fsp3) is 0. The minimum atomic E-state index is 0.398. The maximum Gasteiger partial charge on any atom is 0.228 e. The van der Waals surface area contributed by atoms with Crippen LogP contribution in [0.4, 0.5) is 11.6 Å². The van der Waals surface area contributed by atoms with Gasteiger partial charge in [0.1, 0.15) is 5.15 Å². The number of halogens is 2. The summed E-state index contributed by atoms with van der Waals surface area (Å²) in [5.41, 5.74) is 0.824. The standard InChI is InChI=1S/C10H7Cl2N3/c11-7-2-1-3-8(6-7)14-10-13-5-4-9(12)15-10/h1-6H,(H,13,14,15). The van der Waals surface area contributed by atoms with E-state index >= 15 is 0 Å². The number of anilines is 2. The van der Waals surface area contributed by atoms with Crippen LogP contribution < -0.4 is 5.32 Å². The minimum Gasteiger partial charge on any atom is -0.324 e. The van der Waals surface area contributed by atoms with E-state index in [0.717, 1.165) is 5.69 Å². The van der Waals surface area contributed by atoms with E-state index in [9.17, 15) is 0 Å². The van der Waals surface area contributed by atoms with Crippen LogP contribution in [-0.4, -0.2) is 9.97 Å². The van der Waals surface area contributed by atoms with Crippen molar-refractivity contribution in [3.63, 3.8) is 0 Å². The highest BCUT2D eigenvalue weighted by atomic mass is 35.5. The second-order valence-electron chi connectivity index (χ2n) is 2.84. The lowest BCUT2D eigenvalue weighted by molar-refractivity contribution is 1.17. The first kappa shape index (κ1) is 10.2. The molecule has 0 spiro atoms. The molecule has 0 unspecified atom stereocenters. The summed E-state index contributed by atoms with van der Waals surface area (Å²) in [6, 6.07) is 8.91. The number of benzene rings is 1. The second-order valence-corrected chi connectivity index (χ2v) is 3.66. The summed E-state index contributed by atoms with van der Waals surface area (Å²) in [5, 5.41) is 4.05. The quantitative estimate of drug-likeness (QED) is 0.816. The fourth-order valence-electron chi connectivity index (χ4n) is 1.09. The molecule has 1 N–H and O–H groups in total. The second kappa shape index (κ2) is 4.47. The first-order chi connectivity index (χ1) is 7.24. The normalized spacial score (nSPS) is 10.0. The number of nitrogens with one attached hydrogen (secondary N) is 1. The van der Waals surface area contributed by atoms with Crippen molar-refractivity contribution >= 4 is 34.8 Å². The van der Waals surface area contributed by atoms with Crippen LogP contribution in [0.3, 0.4) is 0 Å². The molecular formula is C10H7Cl2N3. The summed E-state index contributed by atoms with van der Waals surface area (Å²) in [6.07, 6.45) is 1.59. The van der Waals surface area contributed by atoms with E-state index in [1.807, 2.05) is 12.1 Å². The van der Waals surface area contributed by atoms with Gasteiger partial charge in [0, 0.05) is 16.9 Å². The van der Waals surface area contributed by atoms with E-state index in [1.54, 1.807) is 24.4 Å². The number of hydrogen-bond donors (Lipinski definition) is 1. The average Bonchev–Trinajstić information content (AvgIpc) is 2.17. The van der Waals surface area contributed by atoms with Crippen molar-refractivity contribution in [2.24, 2.45) is 0 Å². The zero-order valence-electron chi connectivity index (χ0n) is 7.61. The molecule has 1 aromatic carbocycles. The lowest BCUT2D eigenvalue weighted by Crippen LogP contribution is -1.95. The third-order valence-electron chi connectivity index (χ3n) is 1.70. The third-order valence-corrected chi connectivity index (χ3v) is 2.15. The molecule has 0 aliphatic heterocycles. The van der Waals surface area contributed by atoms with Crippen molar-refractivity contribution in [2.75, 3.05) is 5.32 Å². The van der Waals surface area contributed by atoms with Crippen molar-refractivity contribution in [2.45, 2.75) is 0 Å². The van der Waals surface area contributed by atoms with Crippen LogP contribution in [0, 0.1) is 0 Å². The molecule has 2 rings (SSSR count). The molecule has 0 aliphatic rings. The average molecular weight is 240 g/mol. The van der Waals surface area contributed by atoms with E-state index in [-0.39, 0.29) is 0 Å². The summed E-state index contributed by atoms with van der Waals surface area (Å²) >= 11 is 11.6. The van der Waals surface area contributed by atoms with Gasteiger partial charge in [-0.2, -0.15) is 0 Å². The predicted molar refractivity (Wildman–Crippen MR) is 61.8 cm³/mol. The van der Waals surface area contributed by atoms with Crippen LogP contribution in [0.15, 0.2) is 36.5 Å². The molecule has 1 aromatic heterocycles. The Bertz CT molecular complexity index is 430. The van der Waals surface area contributed by atoms with Crippen molar-refractivity contribution in [1.29, 1.82) is 0 Å². The molecule has 2 aromatic rings. The van der Waals surface area contributed by atoms with Crippen molar-refractivity contribution in [3.05, 3.63) is 46.7 Å². The molecule has 0 fully saturated rings. The molecule has 0 saturated heterocycles. The van der Waals surface area contributed by atoms with E-state index in [1.165, 1.54) is 0 Å². The summed E-state index contributed by atoms with van der Waals surface area (Å²) in [5.74, 6) is 0.449. The summed E-state index contributed by atoms with van der Waals surface area (Å²) in [4.78, 5) is 8.01. The Morgan fingerprint density at radius 3 is 2.73 bits per heavy atom. The minimum absolute atomic E-state index is 0.398. The Balaban J connectivity index is 2.22. The number of aromatic nitrogens is 2. The van der Waals surface area contributed by atoms with Crippen molar-refractivity contribution in [1.82, 2.24) is 9.97 Å². The lowest BCUT2D eigenvalue weighted by Gasteiger charge is -2.04. The van der Waals surface area contributed by atoms with Crippen LogP contribution in [0.5, 0.6) is 0 Å². The van der Waals surface area contributed by atoms with Gasteiger partial charge in [0.2, 0.25) is 5.95 Å². The van der Waals surface area contributed by atoms with Gasteiger partial charge in [-0.15, -0.1) is 0 Å². The highest BCUT2D eigenvalue weighted by Crippen LogP contribution is 2.18. The van der Waals surface area contributed by atoms with E-state index in [0.29, 0.717) is 16.1 Å². The van der Waals surface area contributed by atoms with E-state index in [2.05, 4.69) is 15.3 Å². The number of rotatable bonds is 2. The maximum absolute atomic E-state index is 5.84. The van der Waals surface area contributed by atoms with Crippen LogP contribution in [0.1, 0.15) is 0 Å². The summed E-state index contributed by atoms with van der Waals surface area (Å²) < 4.78 is 0. The fourth-order valence-corrected chi connectivity index (χ4v) is 1.42. The van der Waals surface area contributed by atoms with Gasteiger partial charge in [-0.25, -0.2) is 9.97 Å². The monoisotopic (exact) mass is 239 g/mol. The Hall–Kier alpha value is -1.32. The van der Waals surface area contributed by atoms with Crippen LogP contribution in [0.2, 0.25) is 10.2 Å². The Morgan fingerprint density at radius 1 is 1.13 bits per heavy atom. The molecule has 0 amide bonds. The van der Waals surface area contributed by atoms with Gasteiger partial charge in [-0.05, 0) is 24.3 Å². The first-order valence-corrected chi connectivity index (χ1v) is 5.01. The zero-order chi connectivity index (χ0) is 10.7. The van der Waals surface area contributed by atoms with Gasteiger partial charge in [0.25, 0.3) is 0 Å². The van der Waals surface area contributed by atoms with Gasteiger partial charge < -0.3 is 5.32 Å². The molecular weight excluding hydrogens is 233 g/mol. The molecule has 5 heteroatoms. The number of nitrogens with zero attached hydrogens (tertiary/aromatic N) is 2. The third kappa shape index (κ3) is 2.81. The molecule has 0 radical (unpaired) electrons. The molecule has 3 nitrogen and oxygen atoms in total. The highest BCUT2D eigenvalue weighted by molar-refractivity contribution is 6.30. The van der Waals surface area contributed by atoms with Crippen molar-refractivity contribution < 1.29 is 0 Å². The zero-order valence-corrected chi connectivity index (χ0v) is 9.13. The largest absolute Gasteiger partial charge is 0.324 e. The predicted octanol–water partition coefficient (Wildman–Crippen LogP) is 3.53. The Kier molecular flexibility index (Phi) is 3.04. The molecule has 1 heterocycles. The summed E-state index contributed by atoms with van der Waals surface area (Å²) in [7, 11) is 0. The maximum atomic E-state index is 5.84. The van der Waals surface area contributed by atoms with E-state index < -0.39 is 0 Å². The molecule has 76 valence electrons. The van der Waals surface area contributed by atoms with Crippen molar-refractivity contribution in [3.8, 4) is 0 Å². The van der Waals surface area contributed by atoms with Crippen LogP contribution in [0.25, 0.3) is 0 Å². The smallest absolute Gasteiger partial charge is 0.228 e. The Morgan fingerprint density at radius 2 is 2.00 bits per heavy atom. The molecule has 0 bridgehead atoms. The lowest BCUT2D eigenvalue weighted by atomic mass is 10.3. The van der Waals surface area contributed by atoms with Gasteiger partial charge >= 0.3 is 0 Å². The van der Waals surface area contributed by atoms with Crippen LogP contribution >= 0.6 is 23.2 Å². The molecule has 15 heavy (non-hydrogen) atoms. The highest BCUT2D eigenvalue weighted by Gasteiger charge is 1.98. The van der Waals surface area contributed by atoms with Crippen LogP contribution in [-0.2, 0) is 0 Å². The SMILES string of the molecule is Clc1cccc(Nc2nccc(Cl)n2)c1. The summed E-state index contributed by atoms with van der Waals surface area (Å²) in [6.45, 7) is 0. The molecule has 0 atom stereocenters. The van der Waals surface area contributed by atoms with E-state index in [4.69, 9.17) is 23.2 Å². The first-order valence-electron chi connectivity index (χ1n) is 4.25. The molecule has 0 saturated carbocycles.